The summed E-state index contributed by atoms with van der Waals surface area (Å²) in [6.07, 6.45) is 4.54. The summed E-state index contributed by atoms with van der Waals surface area (Å²) in [6.45, 7) is 8.72. The van der Waals surface area contributed by atoms with E-state index in [0.717, 1.165) is 23.7 Å². The quantitative estimate of drug-likeness (QED) is 0.187. The van der Waals surface area contributed by atoms with E-state index < -0.39 is 0 Å². The van der Waals surface area contributed by atoms with Crippen molar-refractivity contribution in [1.29, 1.82) is 0 Å². The van der Waals surface area contributed by atoms with Crippen molar-refractivity contribution in [3.05, 3.63) is 77.6 Å². The SMILES string of the molecule is CC(C)Oc1ccc(NC(=NCc2ccc(CN3CCCC3)cc2)NCc2ccn[nH]2)cc1.I. The third-order valence-electron chi connectivity index (χ3n) is 5.54. The number of nitrogens with one attached hydrogen (secondary N) is 3. The standard InChI is InChI=1S/C26H34N6O.HI/c1-20(2)33-25-11-9-23(10-12-25)30-26(28-18-24-13-14-29-31-24)27-17-21-5-7-22(8-6-21)19-32-15-3-4-16-32;/h5-14,20H,3-4,15-19H2,1-2H3,(H,29,31)(H2,27,28,30);1H. The van der Waals surface area contributed by atoms with Crippen molar-refractivity contribution in [2.45, 2.75) is 52.4 Å². The number of aliphatic imine (C=N–C) groups is 1. The Morgan fingerprint density at radius 3 is 2.38 bits per heavy atom. The average molecular weight is 575 g/mol. The average Bonchev–Trinajstić information content (AvgIpc) is 3.52. The molecule has 0 bridgehead atoms. The topological polar surface area (TPSA) is 77.6 Å². The fraction of sp³-hybridized carbons (Fsp3) is 0.385. The molecule has 7 nitrogen and oxygen atoms in total. The van der Waals surface area contributed by atoms with Crippen molar-refractivity contribution in [3.63, 3.8) is 0 Å². The van der Waals surface area contributed by atoms with Crippen molar-refractivity contribution in [3.8, 4) is 5.75 Å². The number of guanidine groups is 1. The third-order valence-corrected chi connectivity index (χ3v) is 5.54. The van der Waals surface area contributed by atoms with Gasteiger partial charge in [-0.05, 0) is 81.2 Å². The Morgan fingerprint density at radius 1 is 1.03 bits per heavy atom. The summed E-state index contributed by atoms with van der Waals surface area (Å²) in [4.78, 5) is 7.33. The number of hydrogen-bond acceptors (Lipinski definition) is 4. The lowest BCUT2D eigenvalue weighted by molar-refractivity contribution is 0.242. The Balaban J connectivity index is 0.00000324. The van der Waals surface area contributed by atoms with Crippen molar-refractivity contribution < 1.29 is 4.74 Å². The molecule has 1 saturated heterocycles. The fourth-order valence-electron chi connectivity index (χ4n) is 3.85. The molecule has 1 fully saturated rings. The van der Waals surface area contributed by atoms with E-state index in [-0.39, 0.29) is 30.1 Å². The van der Waals surface area contributed by atoms with Gasteiger partial charge in [0.1, 0.15) is 5.75 Å². The van der Waals surface area contributed by atoms with E-state index in [1.165, 1.54) is 37.1 Å². The van der Waals surface area contributed by atoms with Gasteiger partial charge in [-0.3, -0.25) is 10.00 Å². The highest BCUT2D eigenvalue weighted by molar-refractivity contribution is 14.0. The van der Waals surface area contributed by atoms with E-state index in [1.807, 2.05) is 44.2 Å². The molecule has 182 valence electrons. The molecular formula is C26H35IN6O. The zero-order chi connectivity index (χ0) is 22.9. The molecule has 2 heterocycles. The summed E-state index contributed by atoms with van der Waals surface area (Å²) in [6, 6.07) is 18.7. The number of ether oxygens (including phenoxy) is 1. The molecule has 34 heavy (non-hydrogen) atoms. The van der Waals surface area contributed by atoms with Gasteiger partial charge in [-0.25, -0.2) is 4.99 Å². The highest BCUT2D eigenvalue weighted by Crippen LogP contribution is 2.17. The van der Waals surface area contributed by atoms with Gasteiger partial charge in [0.15, 0.2) is 5.96 Å². The predicted molar refractivity (Wildman–Crippen MR) is 149 cm³/mol. The summed E-state index contributed by atoms with van der Waals surface area (Å²) in [5.41, 5.74) is 4.49. The summed E-state index contributed by atoms with van der Waals surface area (Å²) in [7, 11) is 0. The Hall–Kier alpha value is -2.59. The summed E-state index contributed by atoms with van der Waals surface area (Å²) < 4.78 is 5.74. The van der Waals surface area contributed by atoms with Crippen molar-refractivity contribution in [1.82, 2.24) is 20.4 Å². The number of benzene rings is 2. The maximum Gasteiger partial charge on any atom is 0.196 e. The Kier molecular flexibility index (Phi) is 10.2. The molecule has 0 radical (unpaired) electrons. The number of aromatic nitrogens is 2. The normalized spacial score (nSPS) is 14.1. The van der Waals surface area contributed by atoms with Crippen LogP contribution in [-0.2, 0) is 19.6 Å². The van der Waals surface area contributed by atoms with Crippen molar-refractivity contribution in [2.75, 3.05) is 18.4 Å². The fourth-order valence-corrected chi connectivity index (χ4v) is 3.85. The summed E-state index contributed by atoms with van der Waals surface area (Å²) >= 11 is 0. The van der Waals surface area contributed by atoms with Gasteiger partial charge < -0.3 is 15.4 Å². The van der Waals surface area contributed by atoms with Gasteiger partial charge in [-0.15, -0.1) is 24.0 Å². The smallest absolute Gasteiger partial charge is 0.196 e. The highest BCUT2D eigenvalue weighted by Gasteiger charge is 2.11. The number of likely N-dealkylation sites (tertiary alicyclic amines) is 1. The van der Waals surface area contributed by atoms with E-state index in [4.69, 9.17) is 9.73 Å². The molecule has 1 aliphatic heterocycles. The maximum atomic E-state index is 5.74. The van der Waals surface area contributed by atoms with Crippen LogP contribution < -0.4 is 15.4 Å². The first-order chi connectivity index (χ1) is 16.1. The van der Waals surface area contributed by atoms with Gasteiger partial charge >= 0.3 is 0 Å². The van der Waals surface area contributed by atoms with Crippen molar-refractivity contribution >= 4 is 35.6 Å². The second-order valence-electron chi connectivity index (χ2n) is 8.72. The second kappa shape index (κ2) is 13.3. The zero-order valence-corrected chi connectivity index (χ0v) is 22.3. The van der Waals surface area contributed by atoms with Crippen LogP contribution in [0, 0.1) is 0 Å². The van der Waals surface area contributed by atoms with Crippen LogP contribution in [0.25, 0.3) is 0 Å². The number of halogens is 1. The van der Waals surface area contributed by atoms with Gasteiger partial charge in [-0.1, -0.05) is 24.3 Å². The van der Waals surface area contributed by atoms with Gasteiger partial charge in [-0.2, -0.15) is 5.10 Å². The minimum atomic E-state index is 0. The molecule has 8 heteroatoms. The number of H-pyrrole nitrogens is 1. The second-order valence-corrected chi connectivity index (χ2v) is 8.72. The number of rotatable bonds is 9. The van der Waals surface area contributed by atoms with Crippen LogP contribution in [0.4, 0.5) is 5.69 Å². The first-order valence-corrected chi connectivity index (χ1v) is 11.7. The summed E-state index contributed by atoms with van der Waals surface area (Å²) in [5, 5.41) is 13.8. The predicted octanol–water partition coefficient (Wildman–Crippen LogP) is 5.17. The van der Waals surface area contributed by atoms with E-state index in [2.05, 4.69) is 50.0 Å². The van der Waals surface area contributed by atoms with Gasteiger partial charge in [0.2, 0.25) is 0 Å². The van der Waals surface area contributed by atoms with Crippen LogP contribution in [0.2, 0.25) is 0 Å². The minimum Gasteiger partial charge on any atom is -0.491 e. The maximum absolute atomic E-state index is 5.74. The molecular weight excluding hydrogens is 539 g/mol. The monoisotopic (exact) mass is 574 g/mol. The Morgan fingerprint density at radius 2 is 1.74 bits per heavy atom. The van der Waals surface area contributed by atoms with Crippen LogP contribution in [-0.4, -0.2) is 40.3 Å². The molecule has 3 N–H and O–H groups in total. The number of anilines is 1. The molecule has 2 aromatic carbocycles. The van der Waals surface area contributed by atoms with E-state index in [0.29, 0.717) is 19.0 Å². The Bertz CT molecular complexity index is 997. The summed E-state index contributed by atoms with van der Waals surface area (Å²) in [5.74, 6) is 1.57. The first-order valence-electron chi connectivity index (χ1n) is 11.7. The molecule has 0 atom stereocenters. The molecule has 1 aliphatic rings. The number of nitrogens with zero attached hydrogens (tertiary/aromatic N) is 3. The molecule has 0 saturated carbocycles. The van der Waals surface area contributed by atoms with Gasteiger partial charge in [0, 0.05) is 18.4 Å². The number of aromatic amines is 1. The largest absolute Gasteiger partial charge is 0.491 e. The Labute approximate surface area is 219 Å². The number of hydrogen-bond donors (Lipinski definition) is 3. The molecule has 0 spiro atoms. The van der Waals surface area contributed by atoms with Crippen molar-refractivity contribution in [2.24, 2.45) is 4.99 Å². The minimum absolute atomic E-state index is 0. The lowest BCUT2D eigenvalue weighted by atomic mass is 10.1. The molecule has 0 aliphatic carbocycles. The third kappa shape index (κ3) is 8.32. The van der Waals surface area contributed by atoms with Crippen LogP contribution in [0.5, 0.6) is 5.75 Å². The first kappa shape index (κ1) is 26.0. The van der Waals surface area contributed by atoms with Gasteiger partial charge in [0.25, 0.3) is 0 Å². The van der Waals surface area contributed by atoms with E-state index in [1.54, 1.807) is 6.20 Å². The van der Waals surface area contributed by atoms with Crippen LogP contribution in [0.1, 0.15) is 43.5 Å². The molecule has 1 aromatic heterocycles. The highest BCUT2D eigenvalue weighted by atomic mass is 127. The van der Waals surface area contributed by atoms with Crippen LogP contribution >= 0.6 is 24.0 Å². The zero-order valence-electron chi connectivity index (χ0n) is 20.0. The lowest BCUT2D eigenvalue weighted by Crippen LogP contribution is -2.30. The molecule has 0 amide bonds. The van der Waals surface area contributed by atoms with E-state index in [9.17, 15) is 0 Å². The van der Waals surface area contributed by atoms with Crippen LogP contribution in [0.15, 0.2) is 65.8 Å². The van der Waals surface area contributed by atoms with E-state index >= 15 is 0 Å². The lowest BCUT2D eigenvalue weighted by Gasteiger charge is -2.15. The van der Waals surface area contributed by atoms with Gasteiger partial charge in [0.05, 0.1) is 24.9 Å². The molecule has 3 aromatic rings. The molecule has 0 unspecified atom stereocenters. The van der Waals surface area contributed by atoms with Crippen LogP contribution in [0.3, 0.4) is 0 Å². The molecule has 4 rings (SSSR count).